The van der Waals surface area contributed by atoms with Crippen molar-refractivity contribution in [3.05, 3.63) is 59.6 Å². The van der Waals surface area contributed by atoms with Crippen LogP contribution in [0, 0.1) is 11.6 Å². The molecule has 0 unspecified atom stereocenters. The lowest BCUT2D eigenvalue weighted by Gasteiger charge is -2.10. The van der Waals surface area contributed by atoms with Crippen LogP contribution in [0.3, 0.4) is 0 Å². The number of benzene rings is 1. The molecule has 11 heteroatoms. The molecule has 0 radical (unpaired) electrons. The average Bonchev–Trinajstić information content (AvgIpc) is 2.69. The van der Waals surface area contributed by atoms with Crippen LogP contribution in [0.5, 0.6) is 5.88 Å². The Hall–Kier alpha value is -3.31. The number of pyridine rings is 2. The smallest absolute Gasteiger partial charge is 0.238 e. The first-order valence-corrected chi connectivity index (χ1v) is 9.77. The quantitative estimate of drug-likeness (QED) is 0.505. The molecule has 3 heterocycles. The predicted molar refractivity (Wildman–Crippen MR) is 99.7 cm³/mol. The number of methoxy groups -OCH3 is 1. The number of aromatic nitrogens is 4. The van der Waals surface area contributed by atoms with Gasteiger partial charge in [-0.1, -0.05) is 0 Å². The molecule has 0 fully saturated rings. The highest BCUT2D eigenvalue weighted by molar-refractivity contribution is 7.89. The van der Waals surface area contributed by atoms with Crippen molar-refractivity contribution < 1.29 is 21.9 Å². The van der Waals surface area contributed by atoms with Gasteiger partial charge < -0.3 is 4.74 Å². The molecule has 0 spiro atoms. The first-order valence-electron chi connectivity index (χ1n) is 8.22. The molecule has 2 N–H and O–H groups in total. The maximum absolute atomic E-state index is 14.5. The number of nitrogens with zero attached hydrogens (tertiary/aromatic N) is 4. The highest BCUT2D eigenvalue weighted by atomic mass is 32.2. The number of ether oxygens (including phenoxy) is 1. The Kier molecular flexibility index (Phi) is 4.55. The van der Waals surface area contributed by atoms with Gasteiger partial charge in [-0.15, -0.1) is 0 Å². The predicted octanol–water partition coefficient (Wildman–Crippen LogP) is 2.10. The van der Waals surface area contributed by atoms with Crippen molar-refractivity contribution in [2.75, 3.05) is 7.11 Å². The van der Waals surface area contributed by atoms with Crippen molar-refractivity contribution in [1.82, 2.24) is 20.2 Å². The molecular formula is C18H13F2N5O3S. The fraction of sp³-hybridized carbons (Fsp3) is 0.111. The summed E-state index contributed by atoms with van der Waals surface area (Å²) in [5.74, 6) is -1.74. The number of rotatable bonds is 4. The summed E-state index contributed by atoms with van der Waals surface area (Å²) in [5, 5.41) is 14.6. The Labute approximate surface area is 163 Å². The lowest BCUT2D eigenvalue weighted by Crippen LogP contribution is -2.14. The maximum Gasteiger partial charge on any atom is 0.238 e. The summed E-state index contributed by atoms with van der Waals surface area (Å²) in [6, 6.07) is 4.71. The van der Waals surface area contributed by atoms with Crippen LogP contribution in [0.25, 0.3) is 21.8 Å². The van der Waals surface area contributed by atoms with Crippen molar-refractivity contribution in [3.63, 3.8) is 0 Å². The standard InChI is InChI=1S/C18H13F2N5O3S/c1-28-16-3-2-11-17-9(7-22-18(11)24-16)8-23-25-15(17)6-12-13(19)4-10(5-14(12)20)29(21,26)27/h2-5,7-8H,6H2,1H3,(H2,21,26,27). The first-order chi connectivity index (χ1) is 13.8. The average molecular weight is 417 g/mol. The SMILES string of the molecule is COc1ccc2c(ncc3cnnc(Cc4c(F)cc(S(N)(=O)=O)cc4F)c32)n1. The lowest BCUT2D eigenvalue weighted by atomic mass is 10.0. The molecule has 0 amide bonds. The molecule has 0 saturated heterocycles. The highest BCUT2D eigenvalue weighted by Gasteiger charge is 2.19. The van der Waals surface area contributed by atoms with Gasteiger partial charge >= 0.3 is 0 Å². The Morgan fingerprint density at radius 3 is 2.52 bits per heavy atom. The van der Waals surface area contributed by atoms with E-state index in [0.29, 0.717) is 39.8 Å². The summed E-state index contributed by atoms with van der Waals surface area (Å²) >= 11 is 0. The number of hydrogen-bond donors (Lipinski definition) is 1. The molecule has 1 aromatic carbocycles. The third-order valence-electron chi connectivity index (χ3n) is 4.39. The molecule has 0 aliphatic carbocycles. The van der Waals surface area contributed by atoms with E-state index in [-0.39, 0.29) is 17.7 Å². The third-order valence-corrected chi connectivity index (χ3v) is 5.29. The Bertz CT molecular complexity index is 1360. The summed E-state index contributed by atoms with van der Waals surface area (Å²) in [4.78, 5) is 7.86. The van der Waals surface area contributed by atoms with E-state index < -0.39 is 26.6 Å². The minimum atomic E-state index is -4.24. The number of nitrogens with two attached hydrogens (primary N) is 1. The second-order valence-corrected chi connectivity index (χ2v) is 7.75. The van der Waals surface area contributed by atoms with Crippen molar-refractivity contribution in [2.45, 2.75) is 11.3 Å². The van der Waals surface area contributed by atoms with Gasteiger partial charge in [-0.2, -0.15) is 15.2 Å². The van der Waals surface area contributed by atoms with E-state index in [1.54, 1.807) is 12.1 Å². The molecule has 0 bridgehead atoms. The van der Waals surface area contributed by atoms with Crippen molar-refractivity contribution in [3.8, 4) is 5.88 Å². The van der Waals surface area contributed by atoms with Crippen LogP contribution in [0.2, 0.25) is 0 Å². The zero-order chi connectivity index (χ0) is 20.8. The minimum Gasteiger partial charge on any atom is -0.481 e. The van der Waals surface area contributed by atoms with E-state index in [1.165, 1.54) is 19.5 Å². The molecule has 148 valence electrons. The van der Waals surface area contributed by atoms with Gasteiger partial charge in [0.15, 0.2) is 5.65 Å². The number of primary sulfonamides is 1. The van der Waals surface area contributed by atoms with Crippen LogP contribution < -0.4 is 9.88 Å². The van der Waals surface area contributed by atoms with Crippen molar-refractivity contribution in [1.29, 1.82) is 0 Å². The molecule has 0 saturated carbocycles. The second kappa shape index (κ2) is 6.94. The van der Waals surface area contributed by atoms with Crippen LogP contribution in [0.15, 0.2) is 41.6 Å². The monoisotopic (exact) mass is 417 g/mol. The first kappa shape index (κ1) is 19.0. The van der Waals surface area contributed by atoms with E-state index in [4.69, 9.17) is 9.88 Å². The third kappa shape index (κ3) is 3.45. The second-order valence-electron chi connectivity index (χ2n) is 6.19. The summed E-state index contributed by atoms with van der Waals surface area (Å²) in [5.41, 5.74) is 0.297. The van der Waals surface area contributed by atoms with Crippen LogP contribution in [-0.2, 0) is 16.4 Å². The summed E-state index contributed by atoms with van der Waals surface area (Å²) in [6.07, 6.45) is 2.74. The van der Waals surface area contributed by atoms with E-state index in [0.717, 1.165) is 0 Å². The normalized spacial score (nSPS) is 11.9. The van der Waals surface area contributed by atoms with E-state index in [9.17, 15) is 17.2 Å². The van der Waals surface area contributed by atoms with Crippen LogP contribution in [0.4, 0.5) is 8.78 Å². The number of sulfonamides is 1. The van der Waals surface area contributed by atoms with Gasteiger partial charge in [0.1, 0.15) is 11.6 Å². The van der Waals surface area contributed by atoms with Gasteiger partial charge in [-0.3, -0.25) is 0 Å². The topological polar surface area (TPSA) is 121 Å². The van der Waals surface area contributed by atoms with Crippen LogP contribution >= 0.6 is 0 Å². The fourth-order valence-electron chi connectivity index (χ4n) is 3.02. The van der Waals surface area contributed by atoms with Gasteiger partial charge in [-0.25, -0.2) is 27.3 Å². The van der Waals surface area contributed by atoms with Gasteiger partial charge in [0.05, 0.1) is 23.9 Å². The van der Waals surface area contributed by atoms with E-state index in [2.05, 4.69) is 20.2 Å². The van der Waals surface area contributed by atoms with Gasteiger partial charge in [-0.05, 0) is 18.2 Å². The Morgan fingerprint density at radius 2 is 1.86 bits per heavy atom. The highest BCUT2D eigenvalue weighted by Crippen LogP contribution is 2.28. The molecule has 4 aromatic rings. The zero-order valence-electron chi connectivity index (χ0n) is 14.9. The summed E-state index contributed by atoms with van der Waals surface area (Å²) in [6.45, 7) is 0. The lowest BCUT2D eigenvalue weighted by molar-refractivity contribution is 0.399. The van der Waals surface area contributed by atoms with Crippen LogP contribution in [-0.4, -0.2) is 35.7 Å². The zero-order valence-corrected chi connectivity index (χ0v) is 15.7. The Balaban J connectivity index is 1.90. The molecule has 3 aromatic heterocycles. The Morgan fingerprint density at radius 1 is 1.14 bits per heavy atom. The van der Waals surface area contributed by atoms with Crippen LogP contribution in [0.1, 0.15) is 11.3 Å². The van der Waals surface area contributed by atoms with Gasteiger partial charge in [0.2, 0.25) is 15.9 Å². The molecular weight excluding hydrogens is 404 g/mol. The largest absolute Gasteiger partial charge is 0.481 e. The summed E-state index contributed by atoms with van der Waals surface area (Å²) < 4.78 is 56.8. The van der Waals surface area contributed by atoms with E-state index in [1.807, 2.05) is 0 Å². The minimum absolute atomic E-state index is 0.266. The van der Waals surface area contributed by atoms with E-state index >= 15 is 0 Å². The number of hydrogen-bond acceptors (Lipinski definition) is 7. The van der Waals surface area contributed by atoms with Gasteiger partial charge in [0, 0.05) is 40.4 Å². The molecule has 8 nitrogen and oxygen atoms in total. The van der Waals surface area contributed by atoms with Crippen molar-refractivity contribution >= 4 is 31.8 Å². The maximum atomic E-state index is 14.5. The molecule has 0 aliphatic heterocycles. The fourth-order valence-corrected chi connectivity index (χ4v) is 3.56. The molecule has 4 rings (SSSR count). The molecule has 0 aliphatic rings. The molecule has 0 atom stereocenters. The summed E-state index contributed by atoms with van der Waals surface area (Å²) in [7, 11) is -2.77. The number of fused-ring (bicyclic) bond motifs is 3. The number of halogens is 2. The van der Waals surface area contributed by atoms with Gasteiger partial charge in [0.25, 0.3) is 0 Å². The van der Waals surface area contributed by atoms with Crippen molar-refractivity contribution in [2.24, 2.45) is 5.14 Å². The molecule has 29 heavy (non-hydrogen) atoms.